The summed E-state index contributed by atoms with van der Waals surface area (Å²) in [6.45, 7) is 6.30. The molecule has 0 radical (unpaired) electrons. The number of rotatable bonds is 15. The lowest BCUT2D eigenvalue weighted by atomic mass is 10.2. The van der Waals surface area contributed by atoms with Crippen LogP contribution in [0.15, 0.2) is 0 Å². The van der Waals surface area contributed by atoms with Crippen molar-refractivity contribution in [2.75, 3.05) is 31.7 Å². The molecule has 27 heavy (non-hydrogen) atoms. The first kappa shape index (κ1) is 26.3. The maximum absolute atomic E-state index is 12.3. The van der Waals surface area contributed by atoms with Crippen LogP contribution in [0.3, 0.4) is 0 Å². The van der Waals surface area contributed by atoms with Gasteiger partial charge >= 0.3 is 13.6 Å². The van der Waals surface area contributed by atoms with Gasteiger partial charge in [0.15, 0.2) is 0 Å². The first-order chi connectivity index (χ1) is 12.7. The molecule has 0 fully saturated rings. The van der Waals surface area contributed by atoms with Crippen LogP contribution < -0.4 is 10.6 Å². The zero-order valence-electron chi connectivity index (χ0n) is 16.2. The Kier molecular flexibility index (Phi) is 14.9. The number of carboxylic acids is 1. The fourth-order valence-corrected chi connectivity index (χ4v) is 4.95. The maximum Gasteiger partial charge on any atom is 0.330 e. The number of hydrogen-bond acceptors (Lipinski definition) is 7. The number of carbonyl (C=O) groups is 2. The van der Waals surface area contributed by atoms with E-state index in [1.165, 1.54) is 18.7 Å². The second-order valence-corrected chi connectivity index (χ2v) is 9.58. The van der Waals surface area contributed by atoms with Crippen molar-refractivity contribution in [2.24, 2.45) is 0 Å². The predicted octanol–water partition coefficient (Wildman–Crippen LogP) is 3.01. The Morgan fingerprint density at radius 3 is 2.26 bits per heavy atom. The fourth-order valence-electron chi connectivity index (χ4n) is 2.16. The highest BCUT2D eigenvalue weighted by Crippen LogP contribution is 2.48. The van der Waals surface area contributed by atoms with Gasteiger partial charge in [-0.2, -0.15) is 0 Å². The molecule has 0 aliphatic heterocycles. The summed E-state index contributed by atoms with van der Waals surface area (Å²) in [6, 6.07) is -0.960. The highest BCUT2D eigenvalue weighted by atomic mass is 32.2. The summed E-state index contributed by atoms with van der Waals surface area (Å²) >= 11 is 6.35. The summed E-state index contributed by atoms with van der Waals surface area (Å²) in [4.78, 5) is 22.0. The second-order valence-electron chi connectivity index (χ2n) is 5.70. The predicted molar refractivity (Wildman–Crippen MR) is 112 cm³/mol. The minimum Gasteiger partial charge on any atom is -0.480 e. The minimum absolute atomic E-state index is 0.172. The molecule has 0 rings (SSSR count). The van der Waals surface area contributed by atoms with Crippen molar-refractivity contribution in [3.8, 4) is 0 Å². The molecular weight excluding hydrogens is 411 g/mol. The molecule has 0 heterocycles. The van der Waals surface area contributed by atoms with Crippen LogP contribution in [-0.4, -0.2) is 59.0 Å². The molecule has 158 valence electrons. The third-order valence-electron chi connectivity index (χ3n) is 3.34. The first-order valence-corrected chi connectivity index (χ1v) is 12.1. The van der Waals surface area contributed by atoms with Gasteiger partial charge < -0.3 is 24.8 Å². The van der Waals surface area contributed by atoms with Gasteiger partial charge in [0.1, 0.15) is 10.4 Å². The summed E-state index contributed by atoms with van der Waals surface area (Å²) in [5, 5.41) is 14.5. The number of thiocarbonyl (C=S) groups is 1. The van der Waals surface area contributed by atoms with E-state index in [9.17, 15) is 14.2 Å². The van der Waals surface area contributed by atoms with Crippen LogP contribution in [0.5, 0.6) is 0 Å². The summed E-state index contributed by atoms with van der Waals surface area (Å²) in [6.07, 6.45) is 3.95. The van der Waals surface area contributed by atoms with E-state index in [2.05, 4.69) is 10.6 Å². The Balaban J connectivity index is 3.86. The van der Waals surface area contributed by atoms with Gasteiger partial charge in [-0.1, -0.05) is 36.8 Å². The van der Waals surface area contributed by atoms with Crippen molar-refractivity contribution in [1.82, 2.24) is 10.6 Å². The van der Waals surface area contributed by atoms with Gasteiger partial charge in [0.25, 0.3) is 0 Å². The number of carboxylic acid groups (broad SMARTS) is 1. The van der Waals surface area contributed by atoms with Crippen molar-refractivity contribution in [2.45, 2.75) is 52.5 Å². The number of thioether (sulfide) groups is 1. The first-order valence-electron chi connectivity index (χ1n) is 9.02. The lowest BCUT2D eigenvalue weighted by molar-refractivity contribution is -0.140. The Labute approximate surface area is 171 Å². The van der Waals surface area contributed by atoms with E-state index in [0.29, 0.717) is 30.2 Å². The number of unbranched alkanes of at least 4 members (excludes halogenated alkanes) is 3. The highest BCUT2D eigenvalue weighted by Gasteiger charge is 2.22. The lowest BCUT2D eigenvalue weighted by Gasteiger charge is -2.16. The van der Waals surface area contributed by atoms with Crippen LogP contribution in [0.1, 0.15) is 46.5 Å². The Bertz CT molecular complexity index is 511. The minimum atomic E-state index is -2.95. The summed E-state index contributed by atoms with van der Waals surface area (Å²) in [5.74, 6) is -1.30. The average molecular weight is 443 g/mol. The van der Waals surface area contributed by atoms with Gasteiger partial charge in [-0.05, 0) is 26.7 Å². The van der Waals surface area contributed by atoms with Crippen molar-refractivity contribution in [1.29, 1.82) is 0 Å². The van der Waals surface area contributed by atoms with Gasteiger partial charge in [0.2, 0.25) is 5.91 Å². The Hall–Kier alpha value is -0.670. The van der Waals surface area contributed by atoms with Crippen LogP contribution >= 0.6 is 31.6 Å². The molecule has 0 aliphatic carbocycles. The summed E-state index contributed by atoms with van der Waals surface area (Å²) in [5.41, 5.74) is 0. The number of carbonyl (C=O) groups excluding carboxylic acids is 1. The van der Waals surface area contributed by atoms with Crippen molar-refractivity contribution in [3.05, 3.63) is 0 Å². The molecule has 0 aliphatic rings. The molecule has 0 bridgehead atoms. The van der Waals surface area contributed by atoms with Crippen LogP contribution in [0.25, 0.3) is 0 Å². The van der Waals surface area contributed by atoms with Gasteiger partial charge in [0.05, 0.1) is 19.4 Å². The van der Waals surface area contributed by atoms with Crippen molar-refractivity contribution in [3.63, 3.8) is 0 Å². The topological polar surface area (TPSA) is 114 Å². The molecule has 0 aromatic heterocycles. The zero-order chi connectivity index (χ0) is 20.7. The van der Waals surface area contributed by atoms with E-state index in [1.807, 2.05) is 0 Å². The molecule has 0 aromatic rings. The fraction of sp³-hybridized carbons (Fsp3) is 0.812. The molecule has 11 heteroatoms. The molecule has 0 unspecified atom stereocenters. The van der Waals surface area contributed by atoms with E-state index in [0.717, 1.165) is 25.7 Å². The number of aliphatic carboxylic acids is 1. The molecule has 3 N–H and O–H groups in total. The molecular formula is C16H31N2O6PS2. The van der Waals surface area contributed by atoms with E-state index >= 15 is 0 Å². The number of amides is 1. The van der Waals surface area contributed by atoms with E-state index in [4.69, 9.17) is 26.4 Å². The molecule has 1 atom stereocenters. The average Bonchev–Trinajstić information content (AvgIpc) is 2.57. The largest absolute Gasteiger partial charge is 0.480 e. The third-order valence-corrected chi connectivity index (χ3v) is 6.91. The summed E-state index contributed by atoms with van der Waals surface area (Å²) < 4.78 is 23.3. The normalized spacial score (nSPS) is 12.4. The molecule has 0 aromatic carbocycles. The highest BCUT2D eigenvalue weighted by molar-refractivity contribution is 8.23. The number of hydrogen-bond donors (Lipinski definition) is 3. The Morgan fingerprint density at radius 1 is 1.15 bits per heavy atom. The standard InChI is InChI=1S/C16H31N2O6PS2/c1-4-23-25(22,24-5-2)11-9-7-6-8-10-17-16(26)27-12-14(15(20)21)18-13(3)19/h14H,4-12H2,1-3H3,(H,17,26)(H,18,19)(H,20,21)/t14-/m0/s1. The Morgan fingerprint density at radius 2 is 1.74 bits per heavy atom. The third kappa shape index (κ3) is 14.0. The maximum atomic E-state index is 12.3. The molecule has 0 saturated carbocycles. The van der Waals surface area contributed by atoms with Crippen LogP contribution in [0.4, 0.5) is 0 Å². The quantitative estimate of drug-likeness (QED) is 0.200. The summed E-state index contributed by atoms with van der Waals surface area (Å²) in [7, 11) is -2.95. The number of nitrogens with one attached hydrogen (secondary N) is 2. The second kappa shape index (κ2) is 15.3. The molecule has 0 spiro atoms. The van der Waals surface area contributed by atoms with E-state index < -0.39 is 19.6 Å². The zero-order valence-corrected chi connectivity index (χ0v) is 18.7. The lowest BCUT2D eigenvalue weighted by Crippen LogP contribution is -2.42. The van der Waals surface area contributed by atoms with Crippen molar-refractivity contribution < 1.29 is 28.3 Å². The van der Waals surface area contributed by atoms with E-state index in [-0.39, 0.29) is 11.7 Å². The van der Waals surface area contributed by atoms with Gasteiger partial charge in [-0.3, -0.25) is 9.36 Å². The van der Waals surface area contributed by atoms with Gasteiger partial charge in [-0.25, -0.2) is 4.79 Å². The molecule has 0 saturated heterocycles. The van der Waals surface area contributed by atoms with E-state index in [1.54, 1.807) is 13.8 Å². The smallest absolute Gasteiger partial charge is 0.330 e. The van der Waals surface area contributed by atoms with Crippen LogP contribution in [0, 0.1) is 0 Å². The van der Waals surface area contributed by atoms with Crippen LogP contribution in [0.2, 0.25) is 0 Å². The monoisotopic (exact) mass is 442 g/mol. The van der Waals surface area contributed by atoms with Crippen molar-refractivity contribution >= 4 is 47.8 Å². The van der Waals surface area contributed by atoms with Gasteiger partial charge in [0, 0.05) is 19.2 Å². The molecule has 8 nitrogen and oxygen atoms in total. The SMILES string of the molecule is CCOP(=O)(CCCCCCNC(=S)SC[C@H](NC(C)=O)C(=O)O)OCC. The molecule has 1 amide bonds. The van der Waals surface area contributed by atoms with Gasteiger partial charge in [-0.15, -0.1) is 0 Å². The van der Waals surface area contributed by atoms with Crippen LogP contribution in [-0.2, 0) is 23.2 Å².